The lowest BCUT2D eigenvalue weighted by atomic mass is 10.2. The summed E-state index contributed by atoms with van der Waals surface area (Å²) >= 11 is 1.43. The van der Waals surface area contributed by atoms with Gasteiger partial charge in [0.25, 0.3) is 11.8 Å². The van der Waals surface area contributed by atoms with Crippen LogP contribution < -0.4 is 5.32 Å². The normalized spacial score (nSPS) is 10.9. The molecule has 0 aliphatic heterocycles. The molecule has 0 radical (unpaired) electrons. The van der Waals surface area contributed by atoms with E-state index in [0.717, 1.165) is 21.5 Å². The quantitative estimate of drug-likeness (QED) is 0.522. The number of hydrogen-bond acceptors (Lipinski definition) is 4. The predicted molar refractivity (Wildman–Crippen MR) is 120 cm³/mol. The largest absolute Gasteiger partial charge is 0.345 e. The fourth-order valence-corrected chi connectivity index (χ4v) is 4.29. The predicted octanol–water partition coefficient (Wildman–Crippen LogP) is 4.41. The molecule has 152 valence electrons. The Hall–Kier alpha value is -3.45. The van der Waals surface area contributed by atoms with E-state index in [4.69, 9.17) is 0 Å². The van der Waals surface area contributed by atoms with Crippen LogP contribution in [0.2, 0.25) is 0 Å². The Kier molecular flexibility index (Phi) is 5.37. The third kappa shape index (κ3) is 3.97. The van der Waals surface area contributed by atoms with E-state index >= 15 is 0 Å². The molecule has 6 nitrogen and oxygen atoms in total. The van der Waals surface area contributed by atoms with Gasteiger partial charge in [-0.25, -0.2) is 0 Å². The number of amides is 2. The zero-order chi connectivity index (χ0) is 21.3. The minimum absolute atomic E-state index is 0.0733. The van der Waals surface area contributed by atoms with E-state index in [2.05, 4.69) is 22.5 Å². The van der Waals surface area contributed by atoms with Gasteiger partial charge in [0.05, 0.1) is 17.1 Å². The lowest BCUT2D eigenvalue weighted by Gasteiger charge is -2.10. The lowest BCUT2D eigenvalue weighted by Crippen LogP contribution is -2.21. The van der Waals surface area contributed by atoms with Crippen molar-refractivity contribution < 1.29 is 9.59 Å². The molecule has 4 rings (SSSR count). The van der Waals surface area contributed by atoms with Crippen molar-refractivity contribution in [1.29, 1.82) is 0 Å². The van der Waals surface area contributed by atoms with Crippen LogP contribution >= 0.6 is 11.3 Å². The smallest absolute Gasteiger partial charge is 0.265 e. The van der Waals surface area contributed by atoms with Crippen molar-refractivity contribution in [2.75, 3.05) is 19.4 Å². The number of aryl methyl sites for hydroxylation is 1. The number of thiophene rings is 1. The van der Waals surface area contributed by atoms with Gasteiger partial charge >= 0.3 is 0 Å². The fourth-order valence-electron chi connectivity index (χ4n) is 3.24. The van der Waals surface area contributed by atoms with Gasteiger partial charge in [0.1, 0.15) is 4.83 Å². The monoisotopic (exact) mass is 418 g/mol. The number of nitrogens with one attached hydrogen (secondary N) is 1. The summed E-state index contributed by atoms with van der Waals surface area (Å²) in [5, 5.41) is 8.53. The van der Waals surface area contributed by atoms with Crippen molar-refractivity contribution in [2.24, 2.45) is 0 Å². The van der Waals surface area contributed by atoms with Crippen LogP contribution in [0.25, 0.3) is 10.2 Å². The van der Waals surface area contributed by atoms with Crippen molar-refractivity contribution in [2.45, 2.75) is 13.5 Å². The summed E-state index contributed by atoms with van der Waals surface area (Å²) in [7, 11) is 3.42. The number of aromatic nitrogens is 2. The van der Waals surface area contributed by atoms with E-state index < -0.39 is 0 Å². The number of nitrogens with zero attached hydrogens (tertiary/aromatic N) is 3. The molecule has 0 aliphatic carbocycles. The van der Waals surface area contributed by atoms with E-state index in [1.165, 1.54) is 16.2 Å². The van der Waals surface area contributed by atoms with Crippen LogP contribution in [0, 0.1) is 6.92 Å². The van der Waals surface area contributed by atoms with Crippen LogP contribution in [0.15, 0.2) is 60.7 Å². The lowest BCUT2D eigenvalue weighted by molar-refractivity contribution is 0.0827. The first-order valence-corrected chi connectivity index (χ1v) is 10.4. The zero-order valence-corrected chi connectivity index (χ0v) is 17.9. The van der Waals surface area contributed by atoms with Gasteiger partial charge in [0.15, 0.2) is 0 Å². The summed E-state index contributed by atoms with van der Waals surface area (Å²) in [5.41, 5.74) is 3.29. The number of rotatable bonds is 5. The second kappa shape index (κ2) is 8.12. The third-order valence-corrected chi connectivity index (χ3v) is 5.95. The summed E-state index contributed by atoms with van der Waals surface area (Å²) in [6, 6.07) is 18.9. The Morgan fingerprint density at radius 3 is 2.43 bits per heavy atom. The van der Waals surface area contributed by atoms with Gasteiger partial charge in [-0.1, -0.05) is 30.3 Å². The number of carbonyl (C=O) groups excluding carboxylic acids is 2. The minimum atomic E-state index is -0.173. The summed E-state index contributed by atoms with van der Waals surface area (Å²) in [5.74, 6) is -0.246. The standard InChI is InChI=1S/C23H22N4O2S/c1-15-19-13-20(30-23(19)27(25-15)14-16-7-5-4-6-8-16)21(28)24-18-11-9-17(10-12-18)22(29)26(2)3/h4-13H,14H2,1-3H3,(H,24,28). The highest BCUT2D eigenvalue weighted by Crippen LogP contribution is 2.29. The third-order valence-electron chi connectivity index (χ3n) is 4.80. The molecule has 2 aromatic carbocycles. The molecular weight excluding hydrogens is 396 g/mol. The Morgan fingerprint density at radius 1 is 1.07 bits per heavy atom. The molecule has 0 aliphatic rings. The summed E-state index contributed by atoms with van der Waals surface area (Å²) in [6.07, 6.45) is 0. The highest BCUT2D eigenvalue weighted by atomic mass is 32.1. The molecule has 2 amide bonds. The van der Waals surface area contributed by atoms with Crippen LogP contribution in [0.3, 0.4) is 0 Å². The van der Waals surface area contributed by atoms with Gasteiger partial charge in [-0.2, -0.15) is 5.10 Å². The van der Waals surface area contributed by atoms with Gasteiger partial charge in [-0.15, -0.1) is 11.3 Å². The molecule has 0 unspecified atom stereocenters. The number of carbonyl (C=O) groups is 2. The molecule has 0 saturated heterocycles. The number of anilines is 1. The van der Waals surface area contributed by atoms with Crippen LogP contribution in [0.5, 0.6) is 0 Å². The highest BCUT2D eigenvalue weighted by Gasteiger charge is 2.17. The molecule has 0 fully saturated rings. The van der Waals surface area contributed by atoms with E-state index in [1.54, 1.807) is 38.4 Å². The van der Waals surface area contributed by atoms with Crippen molar-refractivity contribution in [3.05, 3.63) is 82.4 Å². The van der Waals surface area contributed by atoms with Gasteiger partial charge in [-0.3, -0.25) is 14.3 Å². The Balaban J connectivity index is 1.54. The maximum atomic E-state index is 12.8. The molecule has 1 N–H and O–H groups in total. The van der Waals surface area contributed by atoms with Crippen LogP contribution in [-0.2, 0) is 6.54 Å². The van der Waals surface area contributed by atoms with Gasteiger partial charge < -0.3 is 10.2 Å². The Morgan fingerprint density at radius 2 is 1.77 bits per heavy atom. The average Bonchev–Trinajstić information content (AvgIpc) is 3.30. The molecule has 2 aromatic heterocycles. The molecule has 0 spiro atoms. The first-order valence-electron chi connectivity index (χ1n) is 9.56. The maximum Gasteiger partial charge on any atom is 0.265 e. The van der Waals surface area contributed by atoms with Crippen LogP contribution in [-0.4, -0.2) is 40.6 Å². The summed E-state index contributed by atoms with van der Waals surface area (Å²) in [4.78, 5) is 27.9. The number of fused-ring (bicyclic) bond motifs is 1. The first-order chi connectivity index (χ1) is 14.4. The van der Waals surface area contributed by atoms with E-state index in [-0.39, 0.29) is 11.8 Å². The molecule has 4 aromatic rings. The van der Waals surface area contributed by atoms with Crippen molar-refractivity contribution in [3.8, 4) is 0 Å². The van der Waals surface area contributed by atoms with Crippen molar-refractivity contribution in [3.63, 3.8) is 0 Å². The van der Waals surface area contributed by atoms with E-state index in [1.807, 2.05) is 35.9 Å². The average molecular weight is 419 g/mol. The van der Waals surface area contributed by atoms with Crippen LogP contribution in [0.1, 0.15) is 31.3 Å². The Labute approximate surface area is 178 Å². The van der Waals surface area contributed by atoms with Crippen molar-refractivity contribution >= 4 is 39.1 Å². The SMILES string of the molecule is Cc1nn(Cc2ccccc2)c2sc(C(=O)Nc3ccc(C(=O)N(C)C)cc3)cc12. The Bertz CT molecular complexity index is 1210. The van der Waals surface area contributed by atoms with E-state index in [9.17, 15) is 9.59 Å². The molecule has 30 heavy (non-hydrogen) atoms. The number of hydrogen-bond donors (Lipinski definition) is 1. The molecular formula is C23H22N4O2S. The van der Waals surface area contributed by atoms with Crippen LogP contribution in [0.4, 0.5) is 5.69 Å². The molecule has 0 bridgehead atoms. The van der Waals surface area contributed by atoms with Crippen molar-refractivity contribution in [1.82, 2.24) is 14.7 Å². The fraction of sp³-hybridized carbons (Fsp3) is 0.174. The molecule has 2 heterocycles. The molecule has 0 saturated carbocycles. The number of benzene rings is 2. The maximum absolute atomic E-state index is 12.8. The first kappa shape index (κ1) is 19.8. The summed E-state index contributed by atoms with van der Waals surface area (Å²) < 4.78 is 1.95. The summed E-state index contributed by atoms with van der Waals surface area (Å²) in [6.45, 7) is 2.62. The van der Waals surface area contributed by atoms with Gasteiger partial charge in [0, 0.05) is 30.7 Å². The second-order valence-electron chi connectivity index (χ2n) is 7.29. The topological polar surface area (TPSA) is 67.2 Å². The zero-order valence-electron chi connectivity index (χ0n) is 17.0. The van der Waals surface area contributed by atoms with E-state index in [0.29, 0.717) is 22.7 Å². The molecule has 7 heteroatoms. The van der Waals surface area contributed by atoms with Gasteiger partial charge in [-0.05, 0) is 42.8 Å². The highest BCUT2D eigenvalue weighted by molar-refractivity contribution is 7.20. The minimum Gasteiger partial charge on any atom is -0.345 e. The van der Waals surface area contributed by atoms with Gasteiger partial charge in [0.2, 0.25) is 0 Å². The second-order valence-corrected chi connectivity index (χ2v) is 8.32. The molecule has 0 atom stereocenters.